The van der Waals surface area contributed by atoms with E-state index in [9.17, 15) is 21.6 Å². The molecule has 112 valence electrons. The summed E-state index contributed by atoms with van der Waals surface area (Å²) in [6, 6.07) is 2.79. The van der Waals surface area contributed by atoms with Gasteiger partial charge >= 0.3 is 6.18 Å². The van der Waals surface area contributed by atoms with Crippen LogP contribution in [0, 0.1) is 0 Å². The van der Waals surface area contributed by atoms with E-state index in [1.807, 2.05) is 0 Å². The lowest BCUT2D eigenvalue weighted by Crippen LogP contribution is -2.23. The first-order valence-electron chi connectivity index (χ1n) is 5.26. The average Bonchev–Trinajstić information content (AvgIpc) is 2.25. The van der Waals surface area contributed by atoms with Crippen LogP contribution in [0.5, 0.6) is 0 Å². The van der Waals surface area contributed by atoms with Crippen LogP contribution >= 0.6 is 12.2 Å². The second kappa shape index (κ2) is 5.94. The Kier molecular flexibility index (Phi) is 4.95. The highest BCUT2D eigenvalue weighted by Crippen LogP contribution is 2.31. The van der Waals surface area contributed by atoms with Crippen LogP contribution in [0.3, 0.4) is 0 Å². The Morgan fingerprint density at radius 3 is 2.40 bits per heavy atom. The summed E-state index contributed by atoms with van der Waals surface area (Å²) < 4.78 is 59.2. The topological polar surface area (TPSA) is 98.2 Å². The molecule has 0 aliphatic rings. The predicted molar refractivity (Wildman–Crippen MR) is 73.8 cm³/mol. The summed E-state index contributed by atoms with van der Waals surface area (Å²) in [4.78, 5) is -0.228. The molecule has 0 unspecified atom stereocenters. The van der Waals surface area contributed by atoms with Crippen molar-refractivity contribution in [2.24, 2.45) is 10.9 Å². The van der Waals surface area contributed by atoms with Crippen LogP contribution in [0.25, 0.3) is 0 Å². The molecule has 0 saturated carbocycles. The number of rotatable bonds is 5. The zero-order chi connectivity index (χ0) is 15.6. The van der Waals surface area contributed by atoms with Gasteiger partial charge in [-0.1, -0.05) is 12.2 Å². The van der Waals surface area contributed by atoms with E-state index in [4.69, 9.17) is 10.9 Å². The van der Waals surface area contributed by atoms with Gasteiger partial charge in [0.25, 0.3) is 0 Å². The van der Waals surface area contributed by atoms with Gasteiger partial charge in [0.05, 0.1) is 11.3 Å². The van der Waals surface area contributed by atoms with E-state index < -0.39 is 21.8 Å². The maximum Gasteiger partial charge on any atom is 0.416 e. The van der Waals surface area contributed by atoms with Gasteiger partial charge in [-0.15, -0.1) is 0 Å². The van der Waals surface area contributed by atoms with E-state index in [0.717, 1.165) is 18.2 Å². The fourth-order valence-corrected chi connectivity index (χ4v) is 1.96. The van der Waals surface area contributed by atoms with Crippen molar-refractivity contribution in [2.45, 2.75) is 6.18 Å². The summed E-state index contributed by atoms with van der Waals surface area (Å²) in [6.45, 7) is -0.0696. The number of benzene rings is 1. The minimum absolute atomic E-state index is 0.00996. The van der Waals surface area contributed by atoms with Gasteiger partial charge in [0.2, 0.25) is 10.0 Å². The van der Waals surface area contributed by atoms with Crippen molar-refractivity contribution in [2.75, 3.05) is 17.6 Å². The highest BCUT2D eigenvalue weighted by molar-refractivity contribution is 7.89. The third kappa shape index (κ3) is 4.94. The SMILES string of the molecule is NC(=S)c1cc(C(F)(F)F)ccc1NCCS(N)(=O)=O. The minimum atomic E-state index is -4.52. The molecule has 0 bridgehead atoms. The van der Waals surface area contributed by atoms with E-state index in [-0.39, 0.29) is 28.5 Å². The summed E-state index contributed by atoms with van der Waals surface area (Å²) in [5.41, 5.74) is 4.68. The van der Waals surface area contributed by atoms with Gasteiger partial charge in [0.1, 0.15) is 4.99 Å². The Morgan fingerprint density at radius 2 is 1.95 bits per heavy atom. The molecule has 10 heteroatoms. The first-order chi connectivity index (χ1) is 9.00. The summed E-state index contributed by atoms with van der Waals surface area (Å²) in [6.07, 6.45) is -4.52. The van der Waals surface area contributed by atoms with Crippen molar-refractivity contribution in [1.82, 2.24) is 0 Å². The highest BCUT2D eigenvalue weighted by Gasteiger charge is 2.31. The Bertz CT molecular complexity index is 615. The molecule has 5 N–H and O–H groups in total. The number of nitrogens with two attached hydrogens (primary N) is 2. The van der Waals surface area contributed by atoms with Crippen molar-refractivity contribution < 1.29 is 21.6 Å². The number of anilines is 1. The van der Waals surface area contributed by atoms with E-state index in [2.05, 4.69) is 17.5 Å². The third-order valence-electron chi connectivity index (χ3n) is 2.31. The highest BCUT2D eigenvalue weighted by atomic mass is 32.2. The lowest BCUT2D eigenvalue weighted by atomic mass is 10.1. The first kappa shape index (κ1) is 16.7. The van der Waals surface area contributed by atoms with Crippen LogP contribution < -0.4 is 16.2 Å². The molecule has 1 aromatic rings. The Labute approximate surface area is 119 Å². The van der Waals surface area contributed by atoms with Crippen molar-refractivity contribution in [3.63, 3.8) is 0 Å². The molecule has 0 aliphatic heterocycles. The molecule has 0 atom stereocenters. The molecule has 1 aromatic carbocycles. The summed E-state index contributed by atoms with van der Waals surface area (Å²) >= 11 is 4.68. The van der Waals surface area contributed by atoms with Gasteiger partial charge < -0.3 is 11.1 Å². The molecule has 0 aromatic heterocycles. The maximum atomic E-state index is 12.6. The van der Waals surface area contributed by atoms with Crippen LogP contribution in [0.4, 0.5) is 18.9 Å². The van der Waals surface area contributed by atoms with Gasteiger partial charge in [-0.25, -0.2) is 13.6 Å². The third-order valence-corrected chi connectivity index (χ3v) is 3.31. The number of primary sulfonamides is 1. The number of halogens is 3. The van der Waals surface area contributed by atoms with Crippen LogP contribution in [0.2, 0.25) is 0 Å². The predicted octanol–water partition coefficient (Wildman–Crippen LogP) is 1.04. The number of thiocarbonyl (C=S) groups is 1. The second-order valence-electron chi connectivity index (χ2n) is 3.92. The van der Waals surface area contributed by atoms with Crippen molar-refractivity contribution in [1.29, 1.82) is 0 Å². The molecule has 0 fully saturated rings. The Morgan fingerprint density at radius 1 is 1.35 bits per heavy atom. The molecule has 0 heterocycles. The summed E-state index contributed by atoms with van der Waals surface area (Å²) in [7, 11) is -3.67. The molecular formula is C10H12F3N3O2S2. The molecule has 0 saturated heterocycles. The molecule has 0 spiro atoms. The minimum Gasteiger partial charge on any atom is -0.389 e. The van der Waals surface area contributed by atoms with Crippen molar-refractivity contribution >= 4 is 32.9 Å². The van der Waals surface area contributed by atoms with Gasteiger partial charge in [0.15, 0.2) is 0 Å². The van der Waals surface area contributed by atoms with Gasteiger partial charge in [0, 0.05) is 17.8 Å². The summed E-state index contributed by atoms with van der Waals surface area (Å²) in [5.74, 6) is -0.370. The van der Waals surface area contributed by atoms with Crippen LogP contribution in [-0.2, 0) is 16.2 Å². The van der Waals surface area contributed by atoms with E-state index in [1.54, 1.807) is 0 Å². The number of sulfonamides is 1. The molecule has 1 rings (SSSR count). The van der Waals surface area contributed by atoms with Gasteiger partial charge in [-0.05, 0) is 18.2 Å². The fraction of sp³-hybridized carbons (Fsp3) is 0.300. The summed E-state index contributed by atoms with van der Waals surface area (Å²) in [5, 5.41) is 7.45. The zero-order valence-corrected chi connectivity index (χ0v) is 11.7. The zero-order valence-electron chi connectivity index (χ0n) is 10.1. The van der Waals surface area contributed by atoms with Crippen LogP contribution in [0.1, 0.15) is 11.1 Å². The van der Waals surface area contributed by atoms with Crippen molar-refractivity contribution in [3.05, 3.63) is 29.3 Å². The Hall–Kier alpha value is -1.39. The second-order valence-corrected chi connectivity index (χ2v) is 6.09. The molecule has 0 aliphatic carbocycles. The molecular weight excluding hydrogens is 315 g/mol. The van der Waals surface area contributed by atoms with Crippen LogP contribution in [0.15, 0.2) is 18.2 Å². The standard InChI is InChI=1S/C10H12F3N3O2S2/c11-10(12,13)6-1-2-8(7(5-6)9(14)19)16-3-4-20(15,17)18/h1-2,5,16H,3-4H2,(H2,14,19)(H2,15,17,18). The first-order valence-corrected chi connectivity index (χ1v) is 7.38. The monoisotopic (exact) mass is 327 g/mol. The Balaban J connectivity index is 3.00. The van der Waals surface area contributed by atoms with Crippen molar-refractivity contribution in [3.8, 4) is 0 Å². The normalized spacial score (nSPS) is 12.2. The largest absolute Gasteiger partial charge is 0.416 e. The molecule has 0 amide bonds. The lowest BCUT2D eigenvalue weighted by Gasteiger charge is -2.14. The molecule has 5 nitrogen and oxygen atoms in total. The molecule has 20 heavy (non-hydrogen) atoms. The lowest BCUT2D eigenvalue weighted by molar-refractivity contribution is -0.137. The van der Waals surface area contributed by atoms with E-state index >= 15 is 0 Å². The number of hydrogen-bond donors (Lipinski definition) is 3. The average molecular weight is 327 g/mol. The smallest absolute Gasteiger partial charge is 0.389 e. The maximum absolute atomic E-state index is 12.6. The molecule has 0 radical (unpaired) electrons. The van der Waals surface area contributed by atoms with E-state index in [0.29, 0.717) is 0 Å². The van der Waals surface area contributed by atoms with E-state index in [1.165, 1.54) is 0 Å². The number of nitrogens with one attached hydrogen (secondary N) is 1. The van der Waals surface area contributed by atoms with Crippen LogP contribution in [-0.4, -0.2) is 25.7 Å². The number of hydrogen-bond acceptors (Lipinski definition) is 4. The van der Waals surface area contributed by atoms with Gasteiger partial charge in [-0.3, -0.25) is 0 Å². The van der Waals surface area contributed by atoms with Gasteiger partial charge in [-0.2, -0.15) is 13.2 Å². The number of alkyl halides is 3. The quantitative estimate of drug-likeness (QED) is 0.702. The fourth-order valence-electron chi connectivity index (χ4n) is 1.41.